The summed E-state index contributed by atoms with van der Waals surface area (Å²) in [5, 5.41) is 3.46. The van der Waals surface area contributed by atoms with Gasteiger partial charge in [0.15, 0.2) is 0 Å². The number of ether oxygens (including phenoxy) is 1. The molecule has 4 heteroatoms. The van der Waals surface area contributed by atoms with Gasteiger partial charge in [0, 0.05) is 0 Å². The number of hydrogen-bond donors (Lipinski definition) is 1. The van der Waals surface area contributed by atoms with E-state index in [0.717, 1.165) is 35.3 Å². The number of thioether (sulfide) groups is 1. The summed E-state index contributed by atoms with van der Waals surface area (Å²) in [7, 11) is 0. The summed E-state index contributed by atoms with van der Waals surface area (Å²) in [4.78, 5) is 11.7. The van der Waals surface area contributed by atoms with Crippen LogP contribution in [0.3, 0.4) is 0 Å². The lowest BCUT2D eigenvalue weighted by molar-refractivity contribution is -0.119. The van der Waals surface area contributed by atoms with E-state index in [4.69, 9.17) is 4.74 Å². The van der Waals surface area contributed by atoms with E-state index >= 15 is 0 Å². The van der Waals surface area contributed by atoms with E-state index in [9.17, 15) is 4.79 Å². The number of rotatable bonds is 6. The third-order valence-electron chi connectivity index (χ3n) is 4.45. The quantitative estimate of drug-likeness (QED) is 0.865. The molecule has 1 amide bonds. The van der Waals surface area contributed by atoms with E-state index in [-0.39, 0.29) is 11.2 Å². The zero-order chi connectivity index (χ0) is 15.4. The van der Waals surface area contributed by atoms with E-state index in [0.29, 0.717) is 0 Å². The summed E-state index contributed by atoms with van der Waals surface area (Å²) in [5.41, 5.74) is 1.16. The van der Waals surface area contributed by atoms with E-state index < -0.39 is 0 Å². The Morgan fingerprint density at radius 2 is 1.95 bits per heavy atom. The molecule has 1 atom stereocenters. The largest absolute Gasteiger partial charge is 0.494 e. The molecule has 3 nitrogen and oxygen atoms in total. The maximum atomic E-state index is 11.7. The van der Waals surface area contributed by atoms with Crippen molar-refractivity contribution in [3.05, 3.63) is 41.4 Å². The van der Waals surface area contributed by atoms with Crippen molar-refractivity contribution in [1.82, 2.24) is 5.32 Å². The molecule has 22 heavy (non-hydrogen) atoms. The Bertz CT molecular complexity index is 535. The molecule has 1 saturated carbocycles. The van der Waals surface area contributed by atoms with Gasteiger partial charge in [0.1, 0.15) is 5.75 Å². The number of carbonyl (C=O) groups excluding carboxylic acids is 1. The Balaban J connectivity index is 1.45. The summed E-state index contributed by atoms with van der Waals surface area (Å²) < 4.78 is 5.83. The van der Waals surface area contributed by atoms with E-state index in [1.165, 1.54) is 43.9 Å². The fraction of sp³-hybridized carbons (Fsp3) is 0.500. The molecule has 118 valence electrons. The molecule has 0 aromatic heterocycles. The van der Waals surface area contributed by atoms with Crippen LogP contribution in [0.5, 0.6) is 5.75 Å². The Morgan fingerprint density at radius 3 is 2.59 bits per heavy atom. The Kier molecular flexibility index (Phi) is 5.08. The second-order valence-electron chi connectivity index (χ2n) is 6.15. The zero-order valence-electron chi connectivity index (χ0n) is 12.8. The fourth-order valence-electron chi connectivity index (χ4n) is 3.19. The van der Waals surface area contributed by atoms with Gasteiger partial charge in [-0.15, -0.1) is 0 Å². The van der Waals surface area contributed by atoms with Crippen molar-refractivity contribution in [2.24, 2.45) is 5.92 Å². The predicted octanol–water partition coefficient (Wildman–Crippen LogP) is 3.89. The van der Waals surface area contributed by atoms with Crippen LogP contribution in [0.25, 0.3) is 0 Å². The highest BCUT2D eigenvalue weighted by molar-refractivity contribution is 8.04. The summed E-state index contributed by atoms with van der Waals surface area (Å²) >= 11 is 1.51. The average Bonchev–Trinajstić information content (AvgIpc) is 3.11. The molecule has 1 saturated heterocycles. The van der Waals surface area contributed by atoms with Gasteiger partial charge < -0.3 is 10.1 Å². The van der Waals surface area contributed by atoms with E-state index in [1.807, 2.05) is 12.1 Å². The molecule has 3 rings (SSSR count). The first-order chi connectivity index (χ1) is 10.7. The highest BCUT2D eigenvalue weighted by atomic mass is 32.2. The van der Waals surface area contributed by atoms with E-state index in [1.54, 1.807) is 0 Å². The SMILES string of the molecule is C=C1NC(=O)C(Cc2ccc(OCCC3CCCC3)cc2)S1. The first-order valence-corrected chi connectivity index (χ1v) is 8.97. The molecule has 1 aromatic rings. The minimum absolute atomic E-state index is 0.0540. The number of amides is 1. The van der Waals surface area contributed by atoms with Gasteiger partial charge in [-0.25, -0.2) is 0 Å². The second-order valence-corrected chi connectivity index (χ2v) is 7.45. The molecule has 2 fully saturated rings. The Labute approximate surface area is 136 Å². The second kappa shape index (κ2) is 7.23. The lowest BCUT2D eigenvalue weighted by Gasteiger charge is -2.11. The van der Waals surface area contributed by atoms with Crippen LogP contribution in [0.2, 0.25) is 0 Å². The summed E-state index contributed by atoms with van der Waals surface area (Å²) in [6, 6.07) is 8.13. The molecule has 1 aromatic carbocycles. The molecule has 2 aliphatic rings. The van der Waals surface area contributed by atoms with Gasteiger partial charge in [0.2, 0.25) is 5.91 Å². The van der Waals surface area contributed by atoms with Gasteiger partial charge in [-0.1, -0.05) is 56.2 Å². The van der Waals surface area contributed by atoms with Gasteiger partial charge >= 0.3 is 0 Å². The normalized spacial score (nSPS) is 22.1. The molecule has 1 N–H and O–H groups in total. The van der Waals surface area contributed by atoms with Gasteiger partial charge in [-0.3, -0.25) is 4.79 Å². The summed E-state index contributed by atoms with van der Waals surface area (Å²) in [6.45, 7) is 4.60. The van der Waals surface area contributed by atoms with Crippen LogP contribution in [0.1, 0.15) is 37.7 Å². The van der Waals surface area contributed by atoms with Crippen molar-refractivity contribution in [2.75, 3.05) is 6.61 Å². The molecular weight excluding hydrogens is 294 g/mol. The maximum Gasteiger partial charge on any atom is 0.238 e. The van der Waals surface area contributed by atoms with Gasteiger partial charge in [0.25, 0.3) is 0 Å². The van der Waals surface area contributed by atoms with Gasteiger partial charge in [-0.2, -0.15) is 0 Å². The fourth-order valence-corrected chi connectivity index (χ4v) is 4.13. The number of hydrogen-bond acceptors (Lipinski definition) is 3. The first-order valence-electron chi connectivity index (χ1n) is 8.09. The number of benzene rings is 1. The molecule has 1 aliphatic heterocycles. The molecule has 1 heterocycles. The molecule has 0 spiro atoms. The minimum atomic E-state index is -0.0540. The van der Waals surface area contributed by atoms with Crippen LogP contribution in [0.15, 0.2) is 35.9 Å². The van der Waals surface area contributed by atoms with Crippen LogP contribution >= 0.6 is 11.8 Å². The molecular formula is C18H23NO2S. The topological polar surface area (TPSA) is 38.3 Å². The summed E-state index contributed by atoms with van der Waals surface area (Å²) in [6.07, 6.45) is 7.42. The van der Waals surface area contributed by atoms with Crippen LogP contribution in [-0.4, -0.2) is 17.8 Å². The zero-order valence-corrected chi connectivity index (χ0v) is 13.7. The van der Waals surface area contributed by atoms with Crippen LogP contribution in [-0.2, 0) is 11.2 Å². The molecule has 0 radical (unpaired) electrons. The van der Waals surface area contributed by atoms with Crippen molar-refractivity contribution in [3.63, 3.8) is 0 Å². The van der Waals surface area contributed by atoms with Gasteiger partial charge in [0.05, 0.1) is 16.9 Å². The maximum absolute atomic E-state index is 11.7. The van der Waals surface area contributed by atoms with Crippen LogP contribution in [0, 0.1) is 5.92 Å². The number of carbonyl (C=O) groups is 1. The van der Waals surface area contributed by atoms with Crippen molar-refractivity contribution in [2.45, 2.75) is 43.8 Å². The Hall–Kier alpha value is -1.42. The third kappa shape index (κ3) is 4.07. The van der Waals surface area contributed by atoms with Crippen molar-refractivity contribution in [3.8, 4) is 5.75 Å². The summed E-state index contributed by atoms with van der Waals surface area (Å²) in [5.74, 6) is 1.85. The van der Waals surface area contributed by atoms with E-state index in [2.05, 4.69) is 24.0 Å². The van der Waals surface area contributed by atoms with Gasteiger partial charge in [-0.05, 0) is 36.5 Å². The lowest BCUT2D eigenvalue weighted by atomic mass is 10.1. The van der Waals surface area contributed by atoms with Crippen LogP contribution < -0.4 is 10.1 Å². The smallest absolute Gasteiger partial charge is 0.238 e. The average molecular weight is 317 g/mol. The first kappa shape index (κ1) is 15.5. The van der Waals surface area contributed by atoms with Crippen LogP contribution in [0.4, 0.5) is 0 Å². The predicted molar refractivity (Wildman–Crippen MR) is 90.9 cm³/mol. The van der Waals surface area contributed by atoms with Crippen molar-refractivity contribution < 1.29 is 9.53 Å². The van der Waals surface area contributed by atoms with Crippen molar-refractivity contribution in [1.29, 1.82) is 0 Å². The molecule has 1 unspecified atom stereocenters. The van der Waals surface area contributed by atoms with Crippen molar-refractivity contribution >= 4 is 17.7 Å². The standard InChI is InChI=1S/C18H23NO2S/c1-13-19-18(20)17(22-13)12-15-6-8-16(9-7-15)21-11-10-14-4-2-3-5-14/h6-9,14,17H,1-5,10-12H2,(H,19,20). The minimum Gasteiger partial charge on any atom is -0.494 e. The molecule has 0 bridgehead atoms. The number of nitrogens with one attached hydrogen (secondary N) is 1. The highest BCUT2D eigenvalue weighted by Gasteiger charge is 2.27. The lowest BCUT2D eigenvalue weighted by Crippen LogP contribution is -2.23. The highest BCUT2D eigenvalue weighted by Crippen LogP contribution is 2.29. The Morgan fingerprint density at radius 1 is 1.23 bits per heavy atom. The molecule has 1 aliphatic carbocycles. The monoisotopic (exact) mass is 317 g/mol. The third-order valence-corrected chi connectivity index (χ3v) is 5.51.